The van der Waals surface area contributed by atoms with E-state index in [0.717, 1.165) is 29.4 Å². The van der Waals surface area contributed by atoms with Crippen LogP contribution in [0.4, 0.5) is 8.78 Å². The molecule has 0 aliphatic carbocycles. The van der Waals surface area contributed by atoms with Gasteiger partial charge in [-0.05, 0) is 35.7 Å². The predicted molar refractivity (Wildman–Crippen MR) is 77.6 cm³/mol. The third-order valence-corrected chi connectivity index (χ3v) is 3.87. The van der Waals surface area contributed by atoms with Crippen LogP contribution in [0.25, 0.3) is 0 Å². The first-order chi connectivity index (χ1) is 10.1. The fourth-order valence-corrected chi connectivity index (χ4v) is 2.88. The first-order valence-electron chi connectivity index (χ1n) is 6.70. The van der Waals surface area contributed by atoms with E-state index in [4.69, 9.17) is 22.1 Å². The molecule has 0 aromatic heterocycles. The normalized spacial score (nSPS) is 14.7. The summed E-state index contributed by atoms with van der Waals surface area (Å²) in [6.45, 7) is 0.587. The van der Waals surface area contributed by atoms with E-state index in [1.165, 1.54) is 12.1 Å². The van der Waals surface area contributed by atoms with Gasteiger partial charge in [-0.25, -0.2) is 8.78 Å². The average molecular weight is 310 g/mol. The van der Waals surface area contributed by atoms with Gasteiger partial charge in [0.2, 0.25) is 0 Å². The quantitative estimate of drug-likeness (QED) is 0.936. The lowest BCUT2D eigenvalue weighted by molar-refractivity contribution is 0.351. The second kappa shape index (κ2) is 5.62. The number of fused-ring (bicyclic) bond motifs is 1. The fraction of sp³-hybridized carbons (Fsp3) is 0.250. The smallest absolute Gasteiger partial charge is 0.162 e. The molecule has 0 saturated carbocycles. The number of nitrogens with two attached hydrogens (primary N) is 1. The van der Waals surface area contributed by atoms with Crippen LogP contribution >= 0.6 is 11.6 Å². The molecule has 0 radical (unpaired) electrons. The Morgan fingerprint density at radius 1 is 1.29 bits per heavy atom. The van der Waals surface area contributed by atoms with Crippen molar-refractivity contribution in [3.05, 3.63) is 63.7 Å². The Kier molecular flexibility index (Phi) is 3.83. The first kappa shape index (κ1) is 14.3. The Labute approximate surface area is 126 Å². The number of rotatable bonds is 3. The zero-order chi connectivity index (χ0) is 15.0. The molecular formula is C16H14ClF2NO. The molecule has 5 heteroatoms. The fourth-order valence-electron chi connectivity index (χ4n) is 2.63. The molecule has 0 fully saturated rings. The first-order valence-corrected chi connectivity index (χ1v) is 7.07. The van der Waals surface area contributed by atoms with E-state index >= 15 is 0 Å². The molecule has 1 aliphatic rings. The van der Waals surface area contributed by atoms with Gasteiger partial charge in [0.25, 0.3) is 0 Å². The Morgan fingerprint density at radius 3 is 2.90 bits per heavy atom. The number of hydrogen-bond acceptors (Lipinski definition) is 2. The number of benzene rings is 2. The van der Waals surface area contributed by atoms with Crippen molar-refractivity contribution >= 4 is 11.6 Å². The van der Waals surface area contributed by atoms with Crippen LogP contribution in [0.1, 0.15) is 22.7 Å². The summed E-state index contributed by atoms with van der Waals surface area (Å²) < 4.78 is 32.6. The second-order valence-corrected chi connectivity index (χ2v) is 5.54. The molecule has 2 nitrogen and oxygen atoms in total. The Balaban J connectivity index is 1.93. The maximum atomic E-state index is 13.7. The lowest BCUT2D eigenvalue weighted by Crippen LogP contribution is -2.15. The van der Waals surface area contributed by atoms with Crippen LogP contribution in [-0.2, 0) is 12.8 Å². The van der Waals surface area contributed by atoms with Gasteiger partial charge >= 0.3 is 0 Å². The van der Waals surface area contributed by atoms with Crippen LogP contribution in [0.2, 0.25) is 5.02 Å². The number of ether oxygens (including phenoxy) is 1. The highest BCUT2D eigenvalue weighted by Crippen LogP contribution is 2.36. The molecule has 1 atom stereocenters. The van der Waals surface area contributed by atoms with Gasteiger partial charge in [-0.15, -0.1) is 0 Å². The third-order valence-electron chi connectivity index (χ3n) is 3.65. The van der Waals surface area contributed by atoms with Crippen molar-refractivity contribution in [1.82, 2.24) is 0 Å². The van der Waals surface area contributed by atoms with Crippen molar-refractivity contribution in [2.75, 3.05) is 6.61 Å². The van der Waals surface area contributed by atoms with E-state index in [0.29, 0.717) is 11.6 Å². The van der Waals surface area contributed by atoms with Gasteiger partial charge in [0.15, 0.2) is 11.6 Å². The zero-order valence-corrected chi connectivity index (χ0v) is 12.0. The molecule has 0 amide bonds. The SMILES string of the molecule is NC(Cc1cccc(F)c1F)c1cc(Cl)cc2c1OCC2. The molecule has 1 heterocycles. The van der Waals surface area contributed by atoms with Crippen LogP contribution in [0.15, 0.2) is 30.3 Å². The molecule has 3 rings (SSSR count). The van der Waals surface area contributed by atoms with Crippen molar-refractivity contribution in [2.45, 2.75) is 18.9 Å². The minimum absolute atomic E-state index is 0.180. The largest absolute Gasteiger partial charge is 0.493 e. The lowest BCUT2D eigenvalue weighted by Gasteiger charge is -2.16. The van der Waals surface area contributed by atoms with Crippen molar-refractivity contribution in [2.24, 2.45) is 5.73 Å². The molecule has 2 aromatic rings. The highest BCUT2D eigenvalue weighted by molar-refractivity contribution is 6.30. The van der Waals surface area contributed by atoms with E-state index in [1.807, 2.05) is 6.07 Å². The second-order valence-electron chi connectivity index (χ2n) is 5.11. The number of hydrogen-bond donors (Lipinski definition) is 1. The van der Waals surface area contributed by atoms with Gasteiger partial charge in [0.05, 0.1) is 6.61 Å². The molecule has 1 aliphatic heterocycles. The number of halogens is 3. The third kappa shape index (κ3) is 2.74. The van der Waals surface area contributed by atoms with Gasteiger partial charge in [0.1, 0.15) is 5.75 Å². The van der Waals surface area contributed by atoms with Crippen LogP contribution in [0.5, 0.6) is 5.75 Å². The summed E-state index contributed by atoms with van der Waals surface area (Å²) in [6, 6.07) is 7.16. The summed E-state index contributed by atoms with van der Waals surface area (Å²) in [7, 11) is 0. The van der Waals surface area contributed by atoms with Gasteiger partial charge in [-0.3, -0.25) is 0 Å². The molecule has 110 valence electrons. The molecule has 2 aromatic carbocycles. The maximum absolute atomic E-state index is 13.7. The monoisotopic (exact) mass is 309 g/mol. The topological polar surface area (TPSA) is 35.2 Å². The maximum Gasteiger partial charge on any atom is 0.162 e. The molecule has 21 heavy (non-hydrogen) atoms. The highest BCUT2D eigenvalue weighted by atomic mass is 35.5. The minimum Gasteiger partial charge on any atom is -0.493 e. The summed E-state index contributed by atoms with van der Waals surface area (Å²) in [5, 5.41) is 0.574. The standard InChI is InChI=1S/C16H14ClF2NO/c17-11-6-10-4-5-21-16(10)12(8-11)14(20)7-9-2-1-3-13(18)15(9)19/h1-3,6,8,14H,4-5,7,20H2. The van der Waals surface area contributed by atoms with Gasteiger partial charge in [0, 0.05) is 23.0 Å². The van der Waals surface area contributed by atoms with E-state index in [2.05, 4.69) is 0 Å². The van der Waals surface area contributed by atoms with Crippen molar-refractivity contribution in [3.63, 3.8) is 0 Å². The van der Waals surface area contributed by atoms with Gasteiger partial charge < -0.3 is 10.5 Å². The predicted octanol–water partition coefficient (Wildman–Crippen LogP) is 3.80. The highest BCUT2D eigenvalue weighted by Gasteiger charge is 2.22. The van der Waals surface area contributed by atoms with Crippen LogP contribution in [-0.4, -0.2) is 6.61 Å². The zero-order valence-electron chi connectivity index (χ0n) is 11.2. The average Bonchev–Trinajstić information content (AvgIpc) is 2.90. The van der Waals surface area contributed by atoms with E-state index in [9.17, 15) is 8.78 Å². The van der Waals surface area contributed by atoms with Crippen molar-refractivity contribution in [3.8, 4) is 5.75 Å². The summed E-state index contributed by atoms with van der Waals surface area (Å²) in [4.78, 5) is 0. The minimum atomic E-state index is -0.868. The van der Waals surface area contributed by atoms with Crippen LogP contribution in [0, 0.1) is 11.6 Å². The Hall–Kier alpha value is -1.65. The molecular weight excluding hydrogens is 296 g/mol. The molecule has 0 spiro atoms. The molecule has 1 unspecified atom stereocenters. The molecule has 0 saturated heterocycles. The van der Waals surface area contributed by atoms with Crippen LogP contribution in [0.3, 0.4) is 0 Å². The summed E-state index contributed by atoms with van der Waals surface area (Å²) >= 11 is 6.09. The van der Waals surface area contributed by atoms with Gasteiger partial charge in [-0.1, -0.05) is 23.7 Å². The summed E-state index contributed by atoms with van der Waals surface area (Å²) in [5.41, 5.74) is 8.15. The van der Waals surface area contributed by atoms with Crippen LogP contribution < -0.4 is 10.5 Å². The summed E-state index contributed by atoms with van der Waals surface area (Å²) in [6.07, 6.45) is 0.962. The van der Waals surface area contributed by atoms with Crippen molar-refractivity contribution in [1.29, 1.82) is 0 Å². The van der Waals surface area contributed by atoms with Gasteiger partial charge in [-0.2, -0.15) is 0 Å². The molecule has 0 bridgehead atoms. The molecule has 2 N–H and O–H groups in total. The van der Waals surface area contributed by atoms with E-state index in [-0.39, 0.29) is 12.0 Å². The van der Waals surface area contributed by atoms with E-state index in [1.54, 1.807) is 6.07 Å². The van der Waals surface area contributed by atoms with E-state index < -0.39 is 17.7 Å². The lowest BCUT2D eigenvalue weighted by atomic mass is 9.96. The Bertz CT molecular complexity index is 690. The van der Waals surface area contributed by atoms with Crippen molar-refractivity contribution < 1.29 is 13.5 Å². The summed E-state index contributed by atoms with van der Waals surface area (Å²) in [5.74, 6) is -0.997. The Morgan fingerprint density at radius 2 is 2.10 bits per heavy atom.